The highest BCUT2D eigenvalue weighted by Crippen LogP contribution is 2.37. The van der Waals surface area contributed by atoms with E-state index in [1.165, 1.54) is 19.3 Å². The van der Waals surface area contributed by atoms with E-state index in [2.05, 4.69) is 0 Å². The lowest BCUT2D eigenvalue weighted by atomic mass is 9.74. The quantitative estimate of drug-likeness (QED) is 0.576. The summed E-state index contributed by atoms with van der Waals surface area (Å²) in [5, 5.41) is 20.4. The fraction of sp³-hybridized carbons (Fsp3) is 1.00. The number of hydrogen-bond acceptors (Lipinski definition) is 4. The summed E-state index contributed by atoms with van der Waals surface area (Å²) in [5.41, 5.74) is 0. The smallest absolute Gasteiger partial charge is 0.239 e. The van der Waals surface area contributed by atoms with E-state index in [0.717, 1.165) is 12.8 Å². The van der Waals surface area contributed by atoms with E-state index in [1.807, 2.05) is 0 Å². The molecule has 1 saturated heterocycles. The fourth-order valence-corrected chi connectivity index (χ4v) is 3.08. The molecule has 2 rings (SSSR count). The van der Waals surface area contributed by atoms with Crippen LogP contribution in [0.1, 0.15) is 38.5 Å². The molecule has 5 nitrogen and oxygen atoms in total. The van der Waals surface area contributed by atoms with Gasteiger partial charge in [-0.25, -0.2) is 0 Å². The number of aliphatic hydroxyl groups is 1. The first-order valence-corrected chi connectivity index (χ1v) is 6.11. The maximum absolute atomic E-state index is 11.0. The van der Waals surface area contributed by atoms with Gasteiger partial charge < -0.3 is 9.84 Å². The second-order valence-corrected chi connectivity index (χ2v) is 4.94. The summed E-state index contributed by atoms with van der Waals surface area (Å²) in [6.07, 6.45) is 5.35. The molecular weight excluding hydrogens is 210 g/mol. The lowest BCUT2D eigenvalue weighted by Gasteiger charge is -2.36. The van der Waals surface area contributed by atoms with E-state index in [0.29, 0.717) is 12.3 Å². The highest BCUT2D eigenvalue weighted by molar-refractivity contribution is 4.83. The largest absolute Gasteiger partial charge is 0.368 e. The van der Waals surface area contributed by atoms with Gasteiger partial charge in [-0.3, -0.25) is 10.1 Å². The summed E-state index contributed by atoms with van der Waals surface area (Å²) in [7, 11) is 0. The van der Waals surface area contributed by atoms with Gasteiger partial charge in [-0.2, -0.15) is 0 Å². The number of rotatable bonds is 2. The predicted molar refractivity (Wildman–Crippen MR) is 57.4 cm³/mol. The van der Waals surface area contributed by atoms with E-state index in [9.17, 15) is 15.2 Å². The van der Waals surface area contributed by atoms with Gasteiger partial charge in [0.05, 0.1) is 0 Å². The standard InChI is InChI=1S/C11H19NO4/c13-11-6-9(8-4-2-1-3-5-8)10(7-16-11)12(14)15/h8-11,13H,1-7H2/t9-,10+,11+/m0/s1. The summed E-state index contributed by atoms with van der Waals surface area (Å²) in [5.74, 6) is 0.404. The summed E-state index contributed by atoms with van der Waals surface area (Å²) in [4.78, 5) is 10.7. The SMILES string of the molecule is O=[N+]([O-])[C@@H]1CO[C@@H](O)C[C@H]1C1CCCCC1. The van der Waals surface area contributed by atoms with Crippen molar-refractivity contribution in [2.24, 2.45) is 11.8 Å². The van der Waals surface area contributed by atoms with Crippen molar-refractivity contribution in [3.05, 3.63) is 10.1 Å². The molecule has 0 bridgehead atoms. The second-order valence-electron chi connectivity index (χ2n) is 4.94. The first-order chi connectivity index (χ1) is 7.68. The van der Waals surface area contributed by atoms with Crippen molar-refractivity contribution in [1.29, 1.82) is 0 Å². The topological polar surface area (TPSA) is 72.6 Å². The lowest BCUT2D eigenvalue weighted by molar-refractivity contribution is -0.547. The van der Waals surface area contributed by atoms with Crippen LogP contribution in [0.5, 0.6) is 0 Å². The van der Waals surface area contributed by atoms with Gasteiger partial charge in [-0.1, -0.05) is 19.3 Å². The van der Waals surface area contributed by atoms with Crippen LogP contribution in [0, 0.1) is 22.0 Å². The number of aliphatic hydroxyl groups excluding tert-OH is 1. The normalized spacial score (nSPS) is 37.2. The van der Waals surface area contributed by atoms with Crippen LogP contribution in [-0.4, -0.2) is 29.0 Å². The molecule has 1 N–H and O–H groups in total. The van der Waals surface area contributed by atoms with Gasteiger partial charge in [0.15, 0.2) is 6.29 Å². The molecular formula is C11H19NO4. The molecule has 16 heavy (non-hydrogen) atoms. The van der Waals surface area contributed by atoms with Crippen LogP contribution in [-0.2, 0) is 4.74 Å². The minimum atomic E-state index is -0.803. The molecule has 3 atom stereocenters. The molecule has 0 amide bonds. The molecule has 1 aliphatic heterocycles. The summed E-state index contributed by atoms with van der Waals surface area (Å²) in [6.45, 7) is 0.0648. The summed E-state index contributed by atoms with van der Waals surface area (Å²) < 4.78 is 4.99. The molecule has 5 heteroatoms. The lowest BCUT2D eigenvalue weighted by Crippen LogP contribution is -2.45. The molecule has 0 aromatic carbocycles. The molecule has 0 aromatic rings. The maximum Gasteiger partial charge on any atom is 0.239 e. The van der Waals surface area contributed by atoms with Crippen LogP contribution in [0.15, 0.2) is 0 Å². The van der Waals surface area contributed by atoms with Crippen molar-refractivity contribution in [3.8, 4) is 0 Å². The zero-order valence-corrected chi connectivity index (χ0v) is 9.38. The molecule has 1 saturated carbocycles. The third-order valence-corrected chi connectivity index (χ3v) is 3.95. The van der Waals surface area contributed by atoms with Crippen molar-refractivity contribution in [1.82, 2.24) is 0 Å². The molecule has 0 unspecified atom stereocenters. The van der Waals surface area contributed by atoms with Crippen LogP contribution in [0.25, 0.3) is 0 Å². The predicted octanol–water partition coefficient (Wildman–Crippen LogP) is 1.57. The molecule has 2 aliphatic rings. The Labute approximate surface area is 94.9 Å². The first-order valence-electron chi connectivity index (χ1n) is 6.11. The highest BCUT2D eigenvalue weighted by atomic mass is 16.6. The van der Waals surface area contributed by atoms with Gasteiger partial charge in [0.1, 0.15) is 6.61 Å². The van der Waals surface area contributed by atoms with Gasteiger partial charge in [-0.05, 0) is 18.8 Å². The second kappa shape index (κ2) is 5.10. The van der Waals surface area contributed by atoms with E-state index in [4.69, 9.17) is 4.74 Å². The zero-order chi connectivity index (χ0) is 11.5. The highest BCUT2D eigenvalue weighted by Gasteiger charge is 2.42. The van der Waals surface area contributed by atoms with Crippen molar-refractivity contribution in [3.63, 3.8) is 0 Å². The third kappa shape index (κ3) is 2.52. The Balaban J connectivity index is 2.03. The van der Waals surface area contributed by atoms with Gasteiger partial charge in [0, 0.05) is 17.3 Å². The number of hydrogen-bond donors (Lipinski definition) is 1. The van der Waals surface area contributed by atoms with Crippen LogP contribution >= 0.6 is 0 Å². The van der Waals surface area contributed by atoms with Crippen LogP contribution in [0.3, 0.4) is 0 Å². The Morgan fingerprint density at radius 3 is 2.56 bits per heavy atom. The maximum atomic E-state index is 11.0. The van der Waals surface area contributed by atoms with Crippen molar-refractivity contribution in [2.45, 2.75) is 50.9 Å². The third-order valence-electron chi connectivity index (χ3n) is 3.95. The molecule has 1 aliphatic carbocycles. The fourth-order valence-electron chi connectivity index (χ4n) is 3.08. The molecule has 2 fully saturated rings. The average Bonchev–Trinajstić information content (AvgIpc) is 2.29. The average molecular weight is 229 g/mol. The van der Waals surface area contributed by atoms with E-state index in [1.54, 1.807) is 0 Å². The van der Waals surface area contributed by atoms with Gasteiger partial charge in [0.2, 0.25) is 6.04 Å². The van der Waals surface area contributed by atoms with Crippen LogP contribution < -0.4 is 0 Å². The molecule has 1 heterocycles. The Kier molecular flexibility index (Phi) is 3.76. The van der Waals surface area contributed by atoms with Gasteiger partial charge >= 0.3 is 0 Å². The number of nitrogens with zero attached hydrogens (tertiary/aromatic N) is 1. The monoisotopic (exact) mass is 229 g/mol. The summed E-state index contributed by atoms with van der Waals surface area (Å²) >= 11 is 0. The van der Waals surface area contributed by atoms with Crippen molar-refractivity contribution in [2.75, 3.05) is 6.61 Å². The molecule has 92 valence electrons. The Morgan fingerprint density at radius 1 is 1.25 bits per heavy atom. The molecule has 0 spiro atoms. The molecule has 0 aromatic heterocycles. The zero-order valence-electron chi connectivity index (χ0n) is 9.38. The van der Waals surface area contributed by atoms with Crippen molar-refractivity contribution >= 4 is 0 Å². The van der Waals surface area contributed by atoms with E-state index in [-0.39, 0.29) is 17.4 Å². The first kappa shape index (κ1) is 11.8. The van der Waals surface area contributed by atoms with E-state index < -0.39 is 12.3 Å². The summed E-state index contributed by atoms with van der Waals surface area (Å²) in [6, 6.07) is -0.619. The van der Waals surface area contributed by atoms with E-state index >= 15 is 0 Å². The van der Waals surface area contributed by atoms with Gasteiger partial charge in [-0.15, -0.1) is 0 Å². The Morgan fingerprint density at radius 2 is 1.94 bits per heavy atom. The Bertz CT molecular complexity index is 252. The van der Waals surface area contributed by atoms with Crippen molar-refractivity contribution < 1.29 is 14.8 Å². The van der Waals surface area contributed by atoms with Gasteiger partial charge in [0.25, 0.3) is 0 Å². The number of nitro groups is 1. The molecule has 0 radical (unpaired) electrons. The number of ether oxygens (including phenoxy) is 1. The minimum absolute atomic E-state index is 0.000880. The van der Waals surface area contributed by atoms with Crippen LogP contribution in [0.4, 0.5) is 0 Å². The Hall–Kier alpha value is -0.680. The minimum Gasteiger partial charge on any atom is -0.368 e. The van der Waals surface area contributed by atoms with Crippen LogP contribution in [0.2, 0.25) is 0 Å².